The van der Waals surface area contributed by atoms with Crippen molar-refractivity contribution >= 4 is 17.6 Å². The standard InChI is InChI=1S/C33H38N2O4/c1-3-5-19-35-24-17-15-23(16-18-24)33(37)39-31-28-20-27(25-9-6-7-10-26(25)28)30(31)38-32(36)22-13-11-21(12-14-22)29(34)8-4-2/h6-7,9-18,27-31,35H,3-5,8,19-20,34H2,1-2H3/t27?,28?,29?,30-,31+/m0/s1. The minimum atomic E-state index is -0.543. The summed E-state index contributed by atoms with van der Waals surface area (Å²) < 4.78 is 12.2. The number of nitrogens with one attached hydrogen (secondary N) is 1. The lowest BCUT2D eigenvalue weighted by Crippen LogP contribution is -2.39. The van der Waals surface area contributed by atoms with E-state index in [9.17, 15) is 9.59 Å². The van der Waals surface area contributed by atoms with Crippen LogP contribution < -0.4 is 11.1 Å². The van der Waals surface area contributed by atoms with Crippen molar-refractivity contribution in [1.82, 2.24) is 0 Å². The molecular formula is C33H38N2O4. The highest BCUT2D eigenvalue weighted by atomic mass is 16.6. The zero-order valence-corrected chi connectivity index (χ0v) is 22.8. The van der Waals surface area contributed by atoms with E-state index in [1.807, 2.05) is 36.4 Å². The number of rotatable bonds is 11. The zero-order valence-electron chi connectivity index (χ0n) is 22.8. The summed E-state index contributed by atoms with van der Waals surface area (Å²) in [6, 6.07) is 22.8. The van der Waals surface area contributed by atoms with Crippen molar-refractivity contribution in [2.24, 2.45) is 5.73 Å². The number of nitrogens with two attached hydrogens (primary N) is 1. The SMILES string of the molecule is CCCCNc1ccc(C(=O)O[C@@H]2C3CC(c4ccccc43)[C@@H]2OC(=O)c2ccc(C(N)CCC)cc2)cc1. The number of carbonyl (C=O) groups is 2. The second-order valence-electron chi connectivity index (χ2n) is 10.7. The summed E-state index contributed by atoms with van der Waals surface area (Å²) in [6.07, 6.45) is 3.80. The van der Waals surface area contributed by atoms with Gasteiger partial charge in [-0.3, -0.25) is 0 Å². The Morgan fingerprint density at radius 2 is 1.36 bits per heavy atom. The van der Waals surface area contributed by atoms with E-state index in [2.05, 4.69) is 31.3 Å². The van der Waals surface area contributed by atoms with Crippen molar-refractivity contribution in [3.63, 3.8) is 0 Å². The third kappa shape index (κ3) is 5.71. The van der Waals surface area contributed by atoms with E-state index in [0.717, 1.165) is 49.9 Å². The van der Waals surface area contributed by atoms with Crippen molar-refractivity contribution in [3.8, 4) is 0 Å². The van der Waals surface area contributed by atoms with Gasteiger partial charge in [0.15, 0.2) is 0 Å². The Morgan fingerprint density at radius 3 is 1.87 bits per heavy atom. The van der Waals surface area contributed by atoms with Crippen LogP contribution in [0.4, 0.5) is 5.69 Å². The second-order valence-corrected chi connectivity index (χ2v) is 10.7. The first-order valence-electron chi connectivity index (χ1n) is 14.2. The first kappa shape index (κ1) is 26.9. The molecule has 0 heterocycles. The number of hydrogen-bond acceptors (Lipinski definition) is 6. The van der Waals surface area contributed by atoms with E-state index in [-0.39, 0.29) is 17.9 Å². The smallest absolute Gasteiger partial charge is 0.338 e. The number of anilines is 1. The summed E-state index contributed by atoms with van der Waals surface area (Å²) in [5.41, 5.74) is 11.5. The molecule has 6 nitrogen and oxygen atoms in total. The first-order valence-corrected chi connectivity index (χ1v) is 14.2. The summed E-state index contributed by atoms with van der Waals surface area (Å²) in [4.78, 5) is 26.5. The predicted octanol–water partition coefficient (Wildman–Crippen LogP) is 6.73. The largest absolute Gasteiger partial charge is 0.454 e. The minimum absolute atomic E-state index is 0.00245. The maximum absolute atomic E-state index is 13.2. The van der Waals surface area contributed by atoms with Gasteiger partial charge in [0.05, 0.1) is 11.1 Å². The highest BCUT2D eigenvalue weighted by Crippen LogP contribution is 2.55. The second kappa shape index (κ2) is 12.0. The van der Waals surface area contributed by atoms with Crippen molar-refractivity contribution in [2.45, 2.75) is 76.0 Å². The molecule has 2 aliphatic rings. The molecule has 3 N–H and O–H groups in total. The van der Waals surface area contributed by atoms with Gasteiger partial charge in [0.2, 0.25) is 0 Å². The van der Waals surface area contributed by atoms with E-state index in [4.69, 9.17) is 15.2 Å². The van der Waals surface area contributed by atoms with E-state index in [1.54, 1.807) is 24.3 Å². The van der Waals surface area contributed by atoms with E-state index >= 15 is 0 Å². The molecule has 1 fully saturated rings. The van der Waals surface area contributed by atoms with Gasteiger partial charge in [0, 0.05) is 30.1 Å². The van der Waals surface area contributed by atoms with E-state index in [1.165, 1.54) is 11.1 Å². The monoisotopic (exact) mass is 526 g/mol. The van der Waals surface area contributed by atoms with Crippen LogP contribution in [-0.2, 0) is 9.47 Å². The molecule has 3 aromatic carbocycles. The van der Waals surface area contributed by atoms with Crippen LogP contribution in [0.2, 0.25) is 0 Å². The Kier molecular flexibility index (Phi) is 8.32. The van der Waals surface area contributed by atoms with Gasteiger partial charge >= 0.3 is 11.9 Å². The third-order valence-corrected chi connectivity index (χ3v) is 8.06. The molecule has 0 radical (unpaired) electrons. The van der Waals surface area contributed by atoms with Gasteiger partial charge in [-0.15, -0.1) is 0 Å². The number of ether oxygens (including phenoxy) is 2. The predicted molar refractivity (Wildman–Crippen MR) is 153 cm³/mol. The fourth-order valence-corrected chi connectivity index (χ4v) is 5.95. The third-order valence-electron chi connectivity index (χ3n) is 8.06. The molecule has 1 saturated carbocycles. The van der Waals surface area contributed by atoms with Gasteiger partial charge < -0.3 is 20.5 Å². The Morgan fingerprint density at radius 1 is 0.821 bits per heavy atom. The van der Waals surface area contributed by atoms with Crippen molar-refractivity contribution in [2.75, 3.05) is 11.9 Å². The van der Waals surface area contributed by atoms with Gasteiger partial charge in [0.1, 0.15) is 12.2 Å². The quantitative estimate of drug-likeness (QED) is 0.213. The maximum Gasteiger partial charge on any atom is 0.338 e. The number of hydrogen-bond donors (Lipinski definition) is 2. The molecule has 0 amide bonds. The molecule has 5 rings (SSSR count). The lowest BCUT2D eigenvalue weighted by atomic mass is 9.87. The van der Waals surface area contributed by atoms with Gasteiger partial charge in [-0.1, -0.05) is 63.1 Å². The fraction of sp³-hybridized carbons (Fsp3) is 0.394. The number of carbonyl (C=O) groups excluding carboxylic acids is 2. The van der Waals surface area contributed by atoms with Crippen LogP contribution in [-0.4, -0.2) is 30.7 Å². The molecule has 2 aliphatic carbocycles. The Hall–Kier alpha value is -3.64. The molecule has 6 heteroatoms. The molecular weight excluding hydrogens is 488 g/mol. The number of benzene rings is 3. The molecule has 0 aromatic heterocycles. The van der Waals surface area contributed by atoms with E-state index in [0.29, 0.717) is 11.1 Å². The van der Waals surface area contributed by atoms with Gasteiger partial charge in [-0.05, 0) is 72.4 Å². The van der Waals surface area contributed by atoms with Crippen LogP contribution in [0.15, 0.2) is 72.8 Å². The lowest BCUT2D eigenvalue weighted by Gasteiger charge is -2.32. The summed E-state index contributed by atoms with van der Waals surface area (Å²) in [5, 5.41) is 3.36. The zero-order chi connectivity index (χ0) is 27.4. The summed E-state index contributed by atoms with van der Waals surface area (Å²) in [6.45, 7) is 5.15. The first-order chi connectivity index (χ1) is 19.0. The van der Waals surface area contributed by atoms with Crippen molar-refractivity contribution < 1.29 is 19.1 Å². The van der Waals surface area contributed by atoms with Crippen LogP contribution >= 0.6 is 0 Å². The normalized spacial score (nSPS) is 21.7. The van der Waals surface area contributed by atoms with Crippen molar-refractivity contribution in [1.29, 1.82) is 0 Å². The molecule has 3 aromatic rings. The number of fused-ring (bicyclic) bond motifs is 5. The molecule has 39 heavy (non-hydrogen) atoms. The fourth-order valence-electron chi connectivity index (χ4n) is 5.95. The van der Waals surface area contributed by atoms with Crippen LogP contribution in [0.5, 0.6) is 0 Å². The highest BCUT2D eigenvalue weighted by Gasteiger charge is 2.55. The average Bonchev–Trinajstić information content (AvgIpc) is 3.51. The van der Waals surface area contributed by atoms with Crippen molar-refractivity contribution in [3.05, 3.63) is 101 Å². The summed E-state index contributed by atoms with van der Waals surface area (Å²) in [5.74, 6) is -0.822. The maximum atomic E-state index is 13.2. The molecule has 5 atom stereocenters. The molecule has 0 aliphatic heterocycles. The summed E-state index contributed by atoms with van der Waals surface area (Å²) in [7, 11) is 0. The molecule has 0 spiro atoms. The van der Waals surface area contributed by atoms with Crippen LogP contribution in [0, 0.1) is 0 Å². The average molecular weight is 527 g/mol. The highest BCUT2D eigenvalue weighted by molar-refractivity contribution is 5.91. The van der Waals surface area contributed by atoms with E-state index < -0.39 is 24.1 Å². The molecule has 3 unspecified atom stereocenters. The Balaban J connectivity index is 1.32. The Labute approximate surface area is 230 Å². The van der Waals surface area contributed by atoms with Gasteiger partial charge in [-0.25, -0.2) is 9.59 Å². The molecule has 204 valence electrons. The topological polar surface area (TPSA) is 90.6 Å². The van der Waals surface area contributed by atoms with Crippen LogP contribution in [0.1, 0.15) is 101 Å². The van der Waals surface area contributed by atoms with Gasteiger partial charge in [0.25, 0.3) is 0 Å². The number of unbranched alkanes of at least 4 members (excludes halogenated alkanes) is 1. The summed E-state index contributed by atoms with van der Waals surface area (Å²) >= 11 is 0. The van der Waals surface area contributed by atoms with Gasteiger partial charge in [-0.2, -0.15) is 0 Å². The lowest BCUT2D eigenvalue weighted by molar-refractivity contribution is -0.0348. The number of esters is 2. The minimum Gasteiger partial charge on any atom is -0.454 e. The van der Waals surface area contributed by atoms with Crippen LogP contribution in [0.3, 0.4) is 0 Å². The Bertz CT molecular complexity index is 1290. The van der Waals surface area contributed by atoms with Crippen LogP contribution in [0.25, 0.3) is 0 Å². The molecule has 2 bridgehead atoms. The molecule has 0 saturated heterocycles.